The van der Waals surface area contributed by atoms with E-state index >= 15 is 0 Å². The molecule has 168 valence electrons. The highest BCUT2D eigenvalue weighted by molar-refractivity contribution is 7.99. The number of thioether (sulfide) groups is 1. The van der Waals surface area contributed by atoms with Crippen LogP contribution in [-0.2, 0) is 11.3 Å². The number of aromatic nitrogens is 3. The summed E-state index contributed by atoms with van der Waals surface area (Å²) in [6, 6.07) is 15.0. The smallest absolute Gasteiger partial charge is 0.233 e. The molecule has 0 spiro atoms. The van der Waals surface area contributed by atoms with Crippen molar-refractivity contribution in [3.63, 3.8) is 0 Å². The maximum absolute atomic E-state index is 12.9. The molecule has 2 heterocycles. The van der Waals surface area contributed by atoms with Crippen LogP contribution in [0.4, 0.5) is 0 Å². The Labute approximate surface area is 194 Å². The summed E-state index contributed by atoms with van der Waals surface area (Å²) in [6.45, 7) is 12.5. The van der Waals surface area contributed by atoms with Crippen LogP contribution in [0.1, 0.15) is 28.1 Å². The summed E-state index contributed by atoms with van der Waals surface area (Å²) in [5.41, 5.74) is 6.05. The fourth-order valence-corrected chi connectivity index (χ4v) is 5.01. The summed E-state index contributed by atoms with van der Waals surface area (Å²) >= 11 is 1.47. The van der Waals surface area contributed by atoms with Gasteiger partial charge in [0.1, 0.15) is 5.82 Å². The van der Waals surface area contributed by atoms with Gasteiger partial charge in [-0.05, 0) is 50.5 Å². The van der Waals surface area contributed by atoms with Crippen LogP contribution in [0, 0.1) is 27.7 Å². The summed E-state index contributed by atoms with van der Waals surface area (Å²) < 4.78 is 2.06. The molecule has 1 aliphatic rings. The first kappa shape index (κ1) is 22.6. The Morgan fingerprint density at radius 2 is 1.69 bits per heavy atom. The number of carbonyl (C=O) groups excluding carboxylic acids is 1. The number of nitrogens with zero attached hydrogens (tertiary/aromatic N) is 5. The van der Waals surface area contributed by atoms with Crippen molar-refractivity contribution in [1.82, 2.24) is 24.6 Å². The third kappa shape index (κ3) is 5.22. The zero-order chi connectivity index (χ0) is 22.7. The predicted octanol–water partition coefficient (Wildman–Crippen LogP) is 3.94. The van der Waals surface area contributed by atoms with Crippen molar-refractivity contribution in [2.24, 2.45) is 0 Å². The van der Waals surface area contributed by atoms with Crippen LogP contribution in [0.2, 0.25) is 0 Å². The van der Waals surface area contributed by atoms with E-state index in [-0.39, 0.29) is 5.91 Å². The Morgan fingerprint density at radius 1 is 0.938 bits per heavy atom. The van der Waals surface area contributed by atoms with Gasteiger partial charge in [-0.15, -0.1) is 10.2 Å². The SMILES string of the molecule is Cc1cccc(CN2CCN(C(=O)CSc3nnc(C)n3-c3cc(C)ccc3C)CC2)c1. The summed E-state index contributed by atoms with van der Waals surface area (Å²) in [5.74, 6) is 1.37. The van der Waals surface area contributed by atoms with Crippen molar-refractivity contribution in [1.29, 1.82) is 0 Å². The van der Waals surface area contributed by atoms with Crippen molar-refractivity contribution in [2.45, 2.75) is 39.4 Å². The average Bonchev–Trinajstić information content (AvgIpc) is 3.14. The van der Waals surface area contributed by atoms with E-state index in [1.807, 2.05) is 11.8 Å². The van der Waals surface area contributed by atoms with Gasteiger partial charge in [0, 0.05) is 32.7 Å². The van der Waals surface area contributed by atoms with E-state index in [1.165, 1.54) is 28.5 Å². The van der Waals surface area contributed by atoms with E-state index in [4.69, 9.17) is 0 Å². The molecule has 0 unspecified atom stereocenters. The highest BCUT2D eigenvalue weighted by Crippen LogP contribution is 2.25. The van der Waals surface area contributed by atoms with Crippen molar-refractivity contribution >= 4 is 17.7 Å². The molecule has 0 bridgehead atoms. The molecule has 0 aliphatic carbocycles. The van der Waals surface area contributed by atoms with Crippen LogP contribution in [0.5, 0.6) is 0 Å². The Kier molecular flexibility index (Phi) is 6.96. The van der Waals surface area contributed by atoms with Crippen LogP contribution < -0.4 is 0 Å². The summed E-state index contributed by atoms with van der Waals surface area (Å²) in [4.78, 5) is 17.3. The number of benzene rings is 2. The van der Waals surface area contributed by atoms with E-state index in [0.29, 0.717) is 5.75 Å². The van der Waals surface area contributed by atoms with Gasteiger partial charge < -0.3 is 4.90 Å². The molecule has 0 atom stereocenters. The minimum atomic E-state index is 0.165. The van der Waals surface area contributed by atoms with Gasteiger partial charge in [0.2, 0.25) is 5.91 Å². The number of aryl methyl sites for hydroxylation is 4. The van der Waals surface area contributed by atoms with Crippen LogP contribution in [-0.4, -0.2) is 62.4 Å². The number of piperazine rings is 1. The summed E-state index contributed by atoms with van der Waals surface area (Å²) in [6.07, 6.45) is 0. The molecule has 6 nitrogen and oxygen atoms in total. The highest BCUT2D eigenvalue weighted by Gasteiger charge is 2.22. The quantitative estimate of drug-likeness (QED) is 0.534. The van der Waals surface area contributed by atoms with Gasteiger partial charge >= 0.3 is 0 Å². The molecule has 1 aliphatic heterocycles. The van der Waals surface area contributed by atoms with Gasteiger partial charge in [-0.3, -0.25) is 14.3 Å². The number of hydrogen-bond donors (Lipinski definition) is 0. The fraction of sp³-hybridized carbons (Fsp3) is 0.400. The Bertz CT molecular complexity index is 1100. The van der Waals surface area contributed by atoms with Gasteiger partial charge in [-0.1, -0.05) is 53.7 Å². The second-order valence-corrected chi connectivity index (χ2v) is 9.53. The van der Waals surface area contributed by atoms with E-state index in [9.17, 15) is 4.79 Å². The molecule has 4 rings (SSSR count). The van der Waals surface area contributed by atoms with Gasteiger partial charge in [0.15, 0.2) is 5.16 Å². The molecule has 0 radical (unpaired) electrons. The lowest BCUT2D eigenvalue weighted by molar-refractivity contribution is -0.130. The molecule has 1 fully saturated rings. The molecule has 0 saturated carbocycles. The molecule has 1 aromatic heterocycles. The summed E-state index contributed by atoms with van der Waals surface area (Å²) in [7, 11) is 0. The standard InChI is InChI=1S/C25H31N5OS/c1-18-6-5-7-22(14-18)16-28-10-12-29(13-11-28)24(31)17-32-25-27-26-21(4)30(25)23-15-19(2)8-9-20(23)3/h5-9,14-15H,10-13,16-17H2,1-4H3. The molecule has 2 aromatic carbocycles. The number of hydrogen-bond acceptors (Lipinski definition) is 5. The topological polar surface area (TPSA) is 54.3 Å². The Morgan fingerprint density at radius 3 is 2.44 bits per heavy atom. The van der Waals surface area contributed by atoms with Gasteiger partial charge in [-0.25, -0.2) is 0 Å². The largest absolute Gasteiger partial charge is 0.339 e. The van der Waals surface area contributed by atoms with E-state index < -0.39 is 0 Å². The van der Waals surface area contributed by atoms with Crippen LogP contribution in [0.25, 0.3) is 5.69 Å². The molecule has 0 N–H and O–H groups in total. The molecule has 3 aromatic rings. The lowest BCUT2D eigenvalue weighted by atomic mass is 10.1. The van der Waals surface area contributed by atoms with Crippen LogP contribution >= 0.6 is 11.8 Å². The Balaban J connectivity index is 1.34. The van der Waals surface area contributed by atoms with Crippen molar-refractivity contribution in [3.8, 4) is 5.69 Å². The maximum Gasteiger partial charge on any atom is 0.233 e. The lowest BCUT2D eigenvalue weighted by Crippen LogP contribution is -2.48. The molecule has 1 saturated heterocycles. The highest BCUT2D eigenvalue weighted by atomic mass is 32.2. The normalized spacial score (nSPS) is 14.7. The number of carbonyl (C=O) groups is 1. The van der Waals surface area contributed by atoms with E-state index in [2.05, 4.69) is 82.9 Å². The van der Waals surface area contributed by atoms with E-state index in [1.54, 1.807) is 0 Å². The molecule has 32 heavy (non-hydrogen) atoms. The zero-order valence-electron chi connectivity index (χ0n) is 19.3. The maximum atomic E-state index is 12.9. The van der Waals surface area contributed by atoms with Crippen molar-refractivity contribution in [2.75, 3.05) is 31.9 Å². The van der Waals surface area contributed by atoms with Crippen LogP contribution in [0.15, 0.2) is 47.6 Å². The summed E-state index contributed by atoms with van der Waals surface area (Å²) in [5, 5.41) is 9.38. The fourth-order valence-electron chi connectivity index (χ4n) is 4.12. The number of rotatable bonds is 6. The average molecular weight is 450 g/mol. The molecule has 1 amide bonds. The predicted molar refractivity (Wildman–Crippen MR) is 129 cm³/mol. The van der Waals surface area contributed by atoms with Crippen molar-refractivity contribution in [3.05, 3.63) is 70.5 Å². The third-order valence-corrected chi connectivity index (χ3v) is 6.85. The Hall–Kier alpha value is -2.64. The second kappa shape index (κ2) is 9.88. The molecule has 7 heteroatoms. The first-order valence-corrected chi connectivity index (χ1v) is 12.1. The van der Waals surface area contributed by atoms with E-state index in [0.717, 1.165) is 55.0 Å². The second-order valence-electron chi connectivity index (χ2n) is 8.59. The van der Waals surface area contributed by atoms with Gasteiger partial charge in [-0.2, -0.15) is 0 Å². The monoisotopic (exact) mass is 449 g/mol. The van der Waals surface area contributed by atoms with Crippen molar-refractivity contribution < 1.29 is 4.79 Å². The van der Waals surface area contributed by atoms with Crippen LogP contribution in [0.3, 0.4) is 0 Å². The molecular weight excluding hydrogens is 418 g/mol. The lowest BCUT2D eigenvalue weighted by Gasteiger charge is -2.34. The first-order valence-electron chi connectivity index (χ1n) is 11.1. The van der Waals surface area contributed by atoms with Gasteiger partial charge in [0.05, 0.1) is 11.4 Å². The molecular formula is C25H31N5OS. The minimum Gasteiger partial charge on any atom is -0.339 e. The minimum absolute atomic E-state index is 0.165. The number of amides is 1. The first-order chi connectivity index (χ1) is 15.4. The van der Waals surface area contributed by atoms with Gasteiger partial charge in [0.25, 0.3) is 0 Å². The third-order valence-electron chi connectivity index (χ3n) is 5.94. The zero-order valence-corrected chi connectivity index (χ0v) is 20.2.